The molecule has 1 saturated carbocycles. The lowest BCUT2D eigenvalue weighted by molar-refractivity contribution is 0.504. The molecule has 3 nitrogen and oxygen atoms in total. The molecular formula is C16H19F2N3. The zero-order valence-electron chi connectivity index (χ0n) is 12.5. The van der Waals surface area contributed by atoms with E-state index >= 15 is 0 Å². The smallest absolute Gasteiger partial charge is 0.135 e. The number of hydrogen-bond acceptors (Lipinski definition) is 2. The Kier molecular flexibility index (Phi) is 3.04. The Bertz CT molecular complexity index is 674. The molecule has 1 heterocycles. The van der Waals surface area contributed by atoms with Gasteiger partial charge in [-0.2, -0.15) is 0 Å². The van der Waals surface area contributed by atoms with Crippen molar-refractivity contribution in [2.75, 3.05) is 5.73 Å². The number of nitrogen functional groups attached to an aromatic ring is 1. The van der Waals surface area contributed by atoms with E-state index in [0.29, 0.717) is 11.9 Å². The highest BCUT2D eigenvalue weighted by molar-refractivity contribution is 5.72. The highest BCUT2D eigenvalue weighted by Gasteiger charge is 2.35. The Morgan fingerprint density at radius 1 is 1.19 bits per heavy atom. The molecule has 0 radical (unpaired) electrons. The van der Waals surface area contributed by atoms with E-state index in [1.165, 1.54) is 18.2 Å². The standard InChI is InChI=1S/C16H19F2N3/c1-16(2,3)15-20-13(14(19)21(15)9-7-8-9)12-10(17)5-4-6-11(12)18/h4-6,9H,7-8,19H2,1-3H3. The minimum atomic E-state index is -0.636. The number of imidazole rings is 1. The Morgan fingerprint density at radius 3 is 2.24 bits per heavy atom. The number of nitrogens with zero attached hydrogens (tertiary/aromatic N) is 2. The molecule has 0 saturated heterocycles. The SMILES string of the molecule is CC(C)(C)c1nc(-c2c(F)cccc2F)c(N)n1C1CC1. The fourth-order valence-electron chi connectivity index (χ4n) is 2.58. The zero-order chi connectivity index (χ0) is 15.4. The highest BCUT2D eigenvalue weighted by atomic mass is 19.1. The number of nitrogens with two attached hydrogens (primary N) is 1. The van der Waals surface area contributed by atoms with Crippen molar-refractivity contribution >= 4 is 5.82 Å². The van der Waals surface area contributed by atoms with Gasteiger partial charge in [0.05, 0.1) is 5.56 Å². The highest BCUT2D eigenvalue weighted by Crippen LogP contribution is 2.44. The maximum absolute atomic E-state index is 14.0. The van der Waals surface area contributed by atoms with Crippen LogP contribution in [0.4, 0.5) is 14.6 Å². The molecule has 0 atom stereocenters. The van der Waals surface area contributed by atoms with Gasteiger partial charge in [0.25, 0.3) is 0 Å². The van der Waals surface area contributed by atoms with E-state index in [9.17, 15) is 8.78 Å². The van der Waals surface area contributed by atoms with Gasteiger partial charge in [-0.05, 0) is 25.0 Å². The predicted octanol–water partition coefficient (Wildman–Crippen LogP) is 4.04. The Hall–Kier alpha value is -1.91. The summed E-state index contributed by atoms with van der Waals surface area (Å²) >= 11 is 0. The Balaban J connectivity index is 2.25. The average Bonchev–Trinajstić information content (AvgIpc) is 3.14. The molecule has 1 aliphatic carbocycles. The van der Waals surface area contributed by atoms with Gasteiger partial charge in [0.2, 0.25) is 0 Å². The van der Waals surface area contributed by atoms with Crippen LogP contribution in [0, 0.1) is 11.6 Å². The van der Waals surface area contributed by atoms with Crippen LogP contribution in [-0.2, 0) is 5.41 Å². The Labute approximate surface area is 122 Å². The summed E-state index contributed by atoms with van der Waals surface area (Å²) in [5.74, 6) is -0.142. The second kappa shape index (κ2) is 4.55. The Morgan fingerprint density at radius 2 is 1.76 bits per heavy atom. The molecule has 1 fully saturated rings. The molecular weight excluding hydrogens is 272 g/mol. The maximum atomic E-state index is 14.0. The first-order chi connectivity index (χ1) is 9.80. The van der Waals surface area contributed by atoms with E-state index < -0.39 is 11.6 Å². The van der Waals surface area contributed by atoms with Crippen molar-refractivity contribution in [1.29, 1.82) is 0 Å². The summed E-state index contributed by atoms with van der Waals surface area (Å²) in [5, 5.41) is 0. The summed E-state index contributed by atoms with van der Waals surface area (Å²) in [5.41, 5.74) is 6.01. The van der Waals surface area contributed by atoms with Crippen molar-refractivity contribution < 1.29 is 8.78 Å². The zero-order valence-corrected chi connectivity index (χ0v) is 12.5. The molecule has 0 spiro atoms. The largest absolute Gasteiger partial charge is 0.383 e. The molecule has 21 heavy (non-hydrogen) atoms. The molecule has 112 valence electrons. The molecule has 0 aliphatic heterocycles. The summed E-state index contributed by atoms with van der Waals surface area (Å²) in [6, 6.07) is 4.10. The van der Waals surface area contributed by atoms with Crippen LogP contribution in [0.2, 0.25) is 0 Å². The van der Waals surface area contributed by atoms with Crippen LogP contribution < -0.4 is 5.73 Å². The fraction of sp³-hybridized carbons (Fsp3) is 0.438. The van der Waals surface area contributed by atoms with Crippen LogP contribution in [0.15, 0.2) is 18.2 Å². The van der Waals surface area contributed by atoms with Gasteiger partial charge in [0.1, 0.15) is 29.0 Å². The second-order valence-corrected chi connectivity index (χ2v) is 6.62. The first-order valence-electron chi connectivity index (χ1n) is 7.13. The number of benzene rings is 1. The van der Waals surface area contributed by atoms with E-state index in [1.54, 1.807) is 0 Å². The lowest BCUT2D eigenvalue weighted by Crippen LogP contribution is -2.19. The number of aromatic nitrogens is 2. The maximum Gasteiger partial charge on any atom is 0.135 e. The minimum Gasteiger partial charge on any atom is -0.383 e. The minimum absolute atomic E-state index is 0.139. The van der Waals surface area contributed by atoms with E-state index in [1.807, 2.05) is 25.3 Å². The molecule has 0 amide bonds. The van der Waals surface area contributed by atoms with Crippen molar-refractivity contribution in [1.82, 2.24) is 9.55 Å². The number of anilines is 1. The van der Waals surface area contributed by atoms with Crippen LogP contribution in [0.3, 0.4) is 0 Å². The fourth-order valence-corrected chi connectivity index (χ4v) is 2.58. The van der Waals surface area contributed by atoms with Crippen molar-refractivity contribution in [2.45, 2.75) is 45.1 Å². The third kappa shape index (κ3) is 2.30. The van der Waals surface area contributed by atoms with Crippen LogP contribution >= 0.6 is 0 Å². The third-order valence-corrected chi connectivity index (χ3v) is 3.73. The molecule has 1 aromatic carbocycles. The van der Waals surface area contributed by atoms with Gasteiger partial charge in [-0.1, -0.05) is 26.8 Å². The van der Waals surface area contributed by atoms with Gasteiger partial charge in [-0.3, -0.25) is 0 Å². The van der Waals surface area contributed by atoms with Crippen molar-refractivity contribution in [2.24, 2.45) is 0 Å². The first kappa shape index (κ1) is 14.0. The van der Waals surface area contributed by atoms with Crippen LogP contribution in [-0.4, -0.2) is 9.55 Å². The molecule has 1 aliphatic rings. The van der Waals surface area contributed by atoms with Crippen LogP contribution in [0.5, 0.6) is 0 Å². The van der Waals surface area contributed by atoms with Crippen molar-refractivity contribution in [3.05, 3.63) is 35.7 Å². The van der Waals surface area contributed by atoms with E-state index in [4.69, 9.17) is 5.73 Å². The normalized spacial score (nSPS) is 15.5. The first-order valence-corrected chi connectivity index (χ1v) is 7.13. The summed E-state index contributed by atoms with van der Waals surface area (Å²) in [6.45, 7) is 6.07. The van der Waals surface area contributed by atoms with E-state index in [0.717, 1.165) is 18.7 Å². The average molecular weight is 291 g/mol. The molecule has 3 rings (SSSR count). The van der Waals surface area contributed by atoms with Crippen LogP contribution in [0.25, 0.3) is 11.3 Å². The van der Waals surface area contributed by atoms with E-state index in [-0.39, 0.29) is 16.7 Å². The van der Waals surface area contributed by atoms with Gasteiger partial charge in [0.15, 0.2) is 0 Å². The van der Waals surface area contributed by atoms with Gasteiger partial charge in [-0.15, -0.1) is 0 Å². The summed E-state index contributed by atoms with van der Waals surface area (Å²) in [7, 11) is 0. The summed E-state index contributed by atoms with van der Waals surface area (Å²) < 4.78 is 30.0. The number of hydrogen-bond donors (Lipinski definition) is 1. The van der Waals surface area contributed by atoms with Gasteiger partial charge < -0.3 is 10.3 Å². The van der Waals surface area contributed by atoms with E-state index in [2.05, 4.69) is 4.98 Å². The van der Waals surface area contributed by atoms with Crippen molar-refractivity contribution in [3.8, 4) is 11.3 Å². The molecule has 0 bridgehead atoms. The van der Waals surface area contributed by atoms with Crippen LogP contribution in [0.1, 0.15) is 45.5 Å². The lowest BCUT2D eigenvalue weighted by atomic mass is 9.95. The third-order valence-electron chi connectivity index (χ3n) is 3.73. The summed E-state index contributed by atoms with van der Waals surface area (Å²) in [6.07, 6.45) is 2.06. The van der Waals surface area contributed by atoms with Gasteiger partial charge in [0, 0.05) is 11.5 Å². The summed E-state index contributed by atoms with van der Waals surface area (Å²) in [4.78, 5) is 4.49. The van der Waals surface area contributed by atoms with Gasteiger partial charge in [-0.25, -0.2) is 13.8 Å². The molecule has 5 heteroatoms. The monoisotopic (exact) mass is 291 g/mol. The quantitative estimate of drug-likeness (QED) is 0.907. The molecule has 0 unspecified atom stereocenters. The molecule has 2 aromatic rings. The number of rotatable bonds is 2. The van der Waals surface area contributed by atoms with Crippen molar-refractivity contribution in [3.63, 3.8) is 0 Å². The topological polar surface area (TPSA) is 43.8 Å². The predicted molar refractivity (Wildman–Crippen MR) is 79.0 cm³/mol. The van der Waals surface area contributed by atoms with Gasteiger partial charge >= 0.3 is 0 Å². The lowest BCUT2D eigenvalue weighted by Gasteiger charge is -2.20. The number of halogens is 2. The molecule has 1 aromatic heterocycles. The second-order valence-electron chi connectivity index (χ2n) is 6.62. The molecule has 2 N–H and O–H groups in total.